The number of hydrogen-bond acceptors (Lipinski definition) is 1. The number of nitrogens with zero attached hydrogens (tertiary/aromatic N) is 1. The molecule has 0 saturated heterocycles. The van der Waals surface area contributed by atoms with Gasteiger partial charge in [-0.05, 0) is 25.5 Å². The van der Waals surface area contributed by atoms with E-state index in [1.165, 1.54) is 19.3 Å². The summed E-state index contributed by atoms with van der Waals surface area (Å²) < 4.78 is 0. The first kappa shape index (κ1) is 12.4. The molecule has 0 aromatic carbocycles. The molecule has 0 aliphatic carbocycles. The van der Waals surface area contributed by atoms with Crippen LogP contribution in [0.4, 0.5) is 0 Å². The van der Waals surface area contributed by atoms with Crippen molar-refractivity contribution in [2.75, 3.05) is 5.88 Å². The maximum Gasteiger partial charge on any atom is 0.0372 e. The Morgan fingerprint density at radius 2 is 2.08 bits per heavy atom. The van der Waals surface area contributed by atoms with Crippen molar-refractivity contribution in [2.45, 2.75) is 33.1 Å². The Morgan fingerprint density at radius 3 is 2.31 bits per heavy atom. The van der Waals surface area contributed by atoms with Crippen molar-refractivity contribution < 1.29 is 0 Å². The zero-order valence-electron chi connectivity index (χ0n) is 8.46. The zero-order chi connectivity index (χ0) is 9.94. The SMILES string of the molecule is CCCCCCl.Cc1ccccn1. The average molecular weight is 200 g/mol. The zero-order valence-corrected chi connectivity index (χ0v) is 9.22. The summed E-state index contributed by atoms with van der Waals surface area (Å²) in [5.41, 5.74) is 1.07. The van der Waals surface area contributed by atoms with E-state index in [9.17, 15) is 0 Å². The fraction of sp³-hybridized carbons (Fsp3) is 0.545. The summed E-state index contributed by atoms with van der Waals surface area (Å²) in [4.78, 5) is 3.98. The summed E-state index contributed by atoms with van der Waals surface area (Å²) in [6.45, 7) is 4.15. The number of alkyl halides is 1. The highest BCUT2D eigenvalue weighted by atomic mass is 35.5. The third kappa shape index (κ3) is 9.35. The highest BCUT2D eigenvalue weighted by molar-refractivity contribution is 6.17. The molecule has 1 nitrogen and oxygen atoms in total. The maximum atomic E-state index is 5.38. The van der Waals surface area contributed by atoms with E-state index in [4.69, 9.17) is 11.6 Å². The molecular weight excluding hydrogens is 182 g/mol. The largest absolute Gasteiger partial charge is 0.262 e. The highest BCUT2D eigenvalue weighted by Crippen LogP contribution is 1.93. The van der Waals surface area contributed by atoms with E-state index in [1.54, 1.807) is 6.20 Å². The summed E-state index contributed by atoms with van der Waals surface area (Å²) in [6, 6.07) is 5.86. The molecular formula is C11H18ClN. The lowest BCUT2D eigenvalue weighted by molar-refractivity contribution is 0.776. The number of aryl methyl sites for hydroxylation is 1. The molecule has 74 valence electrons. The lowest BCUT2D eigenvalue weighted by Crippen LogP contribution is -1.72. The van der Waals surface area contributed by atoms with Crippen molar-refractivity contribution in [1.29, 1.82) is 0 Å². The van der Waals surface area contributed by atoms with Crippen LogP contribution < -0.4 is 0 Å². The third-order valence-corrected chi connectivity index (χ3v) is 1.82. The van der Waals surface area contributed by atoms with Gasteiger partial charge in [0, 0.05) is 17.8 Å². The van der Waals surface area contributed by atoms with Gasteiger partial charge in [0.05, 0.1) is 0 Å². The average Bonchev–Trinajstić information content (AvgIpc) is 2.17. The number of aromatic nitrogens is 1. The fourth-order valence-corrected chi connectivity index (χ4v) is 0.982. The predicted molar refractivity (Wildman–Crippen MR) is 59.2 cm³/mol. The fourth-order valence-electron chi connectivity index (χ4n) is 0.793. The second-order valence-electron chi connectivity index (χ2n) is 2.87. The number of pyridine rings is 1. The van der Waals surface area contributed by atoms with E-state index in [1.807, 2.05) is 25.1 Å². The Bertz CT molecular complexity index is 183. The van der Waals surface area contributed by atoms with E-state index >= 15 is 0 Å². The standard InChI is InChI=1S/C6H7N.C5H11Cl/c1-6-4-2-3-5-7-6;1-2-3-4-5-6/h2-5H,1H3;2-5H2,1H3. The molecule has 0 aliphatic heterocycles. The lowest BCUT2D eigenvalue weighted by atomic mass is 10.3. The molecule has 0 bridgehead atoms. The topological polar surface area (TPSA) is 12.9 Å². The molecule has 1 rings (SSSR count). The quantitative estimate of drug-likeness (QED) is 0.533. The van der Waals surface area contributed by atoms with E-state index < -0.39 is 0 Å². The molecule has 1 aromatic heterocycles. The molecule has 0 fully saturated rings. The summed E-state index contributed by atoms with van der Waals surface area (Å²) >= 11 is 5.38. The highest BCUT2D eigenvalue weighted by Gasteiger charge is 1.77. The molecule has 1 heterocycles. The second kappa shape index (κ2) is 9.53. The summed E-state index contributed by atoms with van der Waals surface area (Å²) in [5, 5.41) is 0. The van der Waals surface area contributed by atoms with E-state index in [0.29, 0.717) is 0 Å². The molecule has 0 unspecified atom stereocenters. The molecule has 13 heavy (non-hydrogen) atoms. The molecule has 0 N–H and O–H groups in total. The van der Waals surface area contributed by atoms with Gasteiger partial charge in [0.15, 0.2) is 0 Å². The molecule has 0 amide bonds. The minimum Gasteiger partial charge on any atom is -0.262 e. The minimum absolute atomic E-state index is 0.827. The van der Waals surface area contributed by atoms with Crippen LogP contribution in [0.25, 0.3) is 0 Å². The summed E-state index contributed by atoms with van der Waals surface area (Å²) in [5.74, 6) is 0.827. The van der Waals surface area contributed by atoms with Crippen LogP contribution in [-0.2, 0) is 0 Å². The van der Waals surface area contributed by atoms with Crippen LogP contribution in [0.1, 0.15) is 31.9 Å². The minimum atomic E-state index is 0.827. The predicted octanol–water partition coefficient (Wildman–Crippen LogP) is 3.81. The van der Waals surface area contributed by atoms with Gasteiger partial charge in [-0.1, -0.05) is 25.8 Å². The van der Waals surface area contributed by atoms with Crippen molar-refractivity contribution in [3.8, 4) is 0 Å². The van der Waals surface area contributed by atoms with E-state index in [0.717, 1.165) is 11.6 Å². The second-order valence-corrected chi connectivity index (χ2v) is 3.25. The summed E-state index contributed by atoms with van der Waals surface area (Å²) in [7, 11) is 0. The van der Waals surface area contributed by atoms with Gasteiger partial charge in [0.1, 0.15) is 0 Å². The Morgan fingerprint density at radius 1 is 1.31 bits per heavy atom. The van der Waals surface area contributed by atoms with Gasteiger partial charge < -0.3 is 0 Å². The molecule has 2 heteroatoms. The van der Waals surface area contributed by atoms with Gasteiger partial charge in [-0.3, -0.25) is 4.98 Å². The smallest absolute Gasteiger partial charge is 0.0372 e. The van der Waals surface area contributed by atoms with Crippen molar-refractivity contribution in [3.63, 3.8) is 0 Å². The Balaban J connectivity index is 0.000000226. The normalized spacial score (nSPS) is 8.85. The van der Waals surface area contributed by atoms with Crippen LogP contribution >= 0.6 is 11.6 Å². The third-order valence-electron chi connectivity index (χ3n) is 1.55. The molecule has 0 radical (unpaired) electrons. The van der Waals surface area contributed by atoms with Gasteiger partial charge in [0.2, 0.25) is 0 Å². The Hall–Kier alpha value is -0.560. The van der Waals surface area contributed by atoms with Crippen molar-refractivity contribution in [1.82, 2.24) is 4.98 Å². The van der Waals surface area contributed by atoms with E-state index in [-0.39, 0.29) is 0 Å². The lowest BCUT2D eigenvalue weighted by Gasteiger charge is -1.84. The first-order valence-electron chi connectivity index (χ1n) is 4.74. The van der Waals surface area contributed by atoms with E-state index in [2.05, 4.69) is 11.9 Å². The first-order chi connectivity index (χ1) is 6.31. The Kier molecular flexibility index (Phi) is 9.12. The molecule has 0 spiro atoms. The number of hydrogen-bond donors (Lipinski definition) is 0. The van der Waals surface area contributed by atoms with Crippen molar-refractivity contribution in [3.05, 3.63) is 30.1 Å². The molecule has 0 aliphatic rings. The van der Waals surface area contributed by atoms with Crippen LogP contribution in [0.2, 0.25) is 0 Å². The summed E-state index contributed by atoms with van der Waals surface area (Å²) in [6.07, 6.45) is 5.52. The van der Waals surface area contributed by atoms with Crippen LogP contribution in [0.15, 0.2) is 24.4 Å². The molecule has 0 saturated carbocycles. The number of halogens is 1. The molecule has 1 aromatic rings. The van der Waals surface area contributed by atoms with Crippen LogP contribution in [-0.4, -0.2) is 10.9 Å². The van der Waals surface area contributed by atoms with Gasteiger partial charge >= 0.3 is 0 Å². The maximum absolute atomic E-state index is 5.38. The molecule has 0 atom stereocenters. The van der Waals surface area contributed by atoms with Gasteiger partial charge in [-0.15, -0.1) is 11.6 Å². The van der Waals surface area contributed by atoms with Gasteiger partial charge in [-0.2, -0.15) is 0 Å². The Labute approximate surface area is 86.1 Å². The number of unbranched alkanes of at least 4 members (excludes halogenated alkanes) is 2. The first-order valence-corrected chi connectivity index (χ1v) is 5.28. The van der Waals surface area contributed by atoms with Gasteiger partial charge in [-0.25, -0.2) is 0 Å². The van der Waals surface area contributed by atoms with Crippen LogP contribution in [0, 0.1) is 6.92 Å². The van der Waals surface area contributed by atoms with Crippen molar-refractivity contribution >= 4 is 11.6 Å². The van der Waals surface area contributed by atoms with Crippen LogP contribution in [0.3, 0.4) is 0 Å². The number of rotatable bonds is 3. The monoisotopic (exact) mass is 199 g/mol. The van der Waals surface area contributed by atoms with Gasteiger partial charge in [0.25, 0.3) is 0 Å². The van der Waals surface area contributed by atoms with Crippen molar-refractivity contribution in [2.24, 2.45) is 0 Å². The van der Waals surface area contributed by atoms with Crippen LogP contribution in [0.5, 0.6) is 0 Å².